The highest BCUT2D eigenvalue weighted by Gasteiger charge is 2.47. The van der Waals surface area contributed by atoms with Gasteiger partial charge in [0.05, 0.1) is 24.4 Å². The Morgan fingerprint density at radius 2 is 0.841 bits per heavy atom. The van der Waals surface area contributed by atoms with Crippen LogP contribution >= 0.6 is 23.5 Å². The molecule has 0 radical (unpaired) electrons. The molecule has 0 saturated carbocycles. The zero-order valence-electron chi connectivity index (χ0n) is 48.7. The Balaban J connectivity index is 0.781. The van der Waals surface area contributed by atoms with E-state index < -0.39 is 11.7 Å². The lowest BCUT2D eigenvalue weighted by Gasteiger charge is -2.36. The Labute approximate surface area is 496 Å². The number of thioether (sulfide) groups is 2. The van der Waals surface area contributed by atoms with Crippen LogP contribution in [0.2, 0.25) is 0 Å². The van der Waals surface area contributed by atoms with Gasteiger partial charge in [-0.15, -0.1) is 0 Å². The molecule has 8 aromatic rings. The van der Waals surface area contributed by atoms with E-state index in [2.05, 4.69) is 236 Å². The zero-order valence-corrected chi connectivity index (χ0v) is 50.4. The van der Waals surface area contributed by atoms with Crippen molar-refractivity contribution in [2.24, 2.45) is 0 Å². The van der Waals surface area contributed by atoms with Gasteiger partial charge in [0.2, 0.25) is 0 Å². The second-order valence-corrected chi connectivity index (χ2v) is 26.4. The molecule has 7 unspecified atom stereocenters. The molecule has 8 aromatic carbocycles. The highest BCUT2D eigenvalue weighted by molar-refractivity contribution is 8.07. The molecule has 4 aliphatic rings. The quantitative estimate of drug-likeness (QED) is 0.0605. The number of aliphatic hydroxyl groups is 1. The minimum Gasteiger partial charge on any atom is -0.492 e. The summed E-state index contributed by atoms with van der Waals surface area (Å²) in [6.07, 6.45) is 4.46. The molecular formula is C75H80O5S2. The third-order valence-electron chi connectivity index (χ3n) is 19.1. The normalized spacial score (nSPS) is 22.1. The first-order chi connectivity index (χ1) is 40.0. The third-order valence-corrected chi connectivity index (χ3v) is 21.0. The van der Waals surface area contributed by atoms with Crippen molar-refractivity contribution in [1.29, 1.82) is 0 Å². The van der Waals surface area contributed by atoms with Crippen molar-refractivity contribution in [3.05, 3.63) is 250 Å². The van der Waals surface area contributed by atoms with E-state index >= 15 is 0 Å². The number of fused-ring (bicyclic) bond motifs is 2. The maximum absolute atomic E-state index is 11.6. The van der Waals surface area contributed by atoms with Gasteiger partial charge < -0.3 is 24.1 Å². The summed E-state index contributed by atoms with van der Waals surface area (Å²) in [5.74, 6) is 4.74. The predicted molar refractivity (Wildman–Crippen MR) is 341 cm³/mol. The molecule has 2 aliphatic heterocycles. The van der Waals surface area contributed by atoms with Crippen LogP contribution in [0.3, 0.4) is 0 Å². The molecule has 7 atom stereocenters. The minimum absolute atomic E-state index is 0.112. The zero-order chi connectivity index (χ0) is 56.5. The van der Waals surface area contributed by atoms with Crippen LogP contribution in [-0.2, 0) is 31.5 Å². The van der Waals surface area contributed by atoms with Gasteiger partial charge in [0, 0.05) is 32.8 Å². The Hall–Kier alpha value is -6.06. The Morgan fingerprint density at radius 1 is 0.451 bits per heavy atom. The second-order valence-electron chi connectivity index (χ2n) is 23.8. The summed E-state index contributed by atoms with van der Waals surface area (Å²) >= 11 is 3.95. The topological polar surface area (TPSA) is 57.2 Å². The van der Waals surface area contributed by atoms with Crippen molar-refractivity contribution in [2.75, 3.05) is 37.9 Å². The number of ether oxygens (including phenoxy) is 4. The lowest BCUT2D eigenvalue weighted by molar-refractivity contribution is -0.0961. The number of aliphatic hydroxyl groups excluding tert-OH is 1. The number of hydrogen-bond donors (Lipinski definition) is 1. The van der Waals surface area contributed by atoms with Crippen LogP contribution in [0.4, 0.5) is 0 Å². The van der Waals surface area contributed by atoms with Crippen LogP contribution in [0.1, 0.15) is 148 Å². The van der Waals surface area contributed by atoms with Crippen LogP contribution in [0, 0.1) is 0 Å². The summed E-state index contributed by atoms with van der Waals surface area (Å²) in [4.78, 5) is 0. The van der Waals surface area contributed by atoms with Crippen LogP contribution in [0.25, 0.3) is 22.3 Å². The summed E-state index contributed by atoms with van der Waals surface area (Å²) in [5.41, 5.74) is 16.2. The lowest BCUT2D eigenvalue weighted by atomic mass is 9.69. The largest absolute Gasteiger partial charge is 0.492 e. The van der Waals surface area contributed by atoms with Crippen LogP contribution in [-0.4, -0.2) is 59.6 Å². The van der Waals surface area contributed by atoms with Crippen molar-refractivity contribution in [2.45, 2.75) is 131 Å². The average Bonchev–Trinajstić information content (AvgIpc) is 4.21. The van der Waals surface area contributed by atoms with Gasteiger partial charge in [0.15, 0.2) is 0 Å². The molecule has 0 bridgehead atoms. The highest BCUT2D eigenvalue weighted by Crippen LogP contribution is 2.57. The summed E-state index contributed by atoms with van der Waals surface area (Å²) < 4.78 is 26.3. The second kappa shape index (κ2) is 23.9. The number of hydrogen-bond acceptors (Lipinski definition) is 7. The monoisotopic (exact) mass is 1120 g/mol. The Morgan fingerprint density at radius 3 is 1.26 bits per heavy atom. The number of rotatable bonds is 24. The fraction of sp³-hybridized carbons (Fsp3) is 0.360. The van der Waals surface area contributed by atoms with Crippen molar-refractivity contribution < 1.29 is 24.1 Å². The first-order valence-corrected chi connectivity index (χ1v) is 32.4. The standard InChI is InChI=1S/C75H80O5S2/c1-7-72(8-2,57-23-27-59(28-24-57)75(62-33-37-65(38-34-62)78-47-66-49-81-66)44-52(6)69-40-22-56(42-71(69)75)54-19-15-12-16-20-54)79-46-63(76)45-77-64-35-31-61(32-36-64)74(43-51(5)68-39-21-55(41-70(68)74)53-17-13-11-14-18-53)60-29-25-58(26-30-60)73(9-3,10-4)80-48-67-50-82-67/h11-42,51-52,63,66-67,76H,7-10,43-50H2,1-6H3. The summed E-state index contributed by atoms with van der Waals surface area (Å²) in [7, 11) is 0. The molecule has 82 heavy (non-hydrogen) atoms. The van der Waals surface area contributed by atoms with Crippen molar-refractivity contribution in [1.82, 2.24) is 0 Å². The van der Waals surface area contributed by atoms with Gasteiger partial charge >= 0.3 is 0 Å². The Bertz CT molecular complexity index is 3420. The van der Waals surface area contributed by atoms with Gasteiger partial charge in [-0.2, -0.15) is 23.5 Å². The van der Waals surface area contributed by atoms with Crippen molar-refractivity contribution in [3.63, 3.8) is 0 Å². The molecule has 0 spiro atoms. The van der Waals surface area contributed by atoms with Crippen LogP contribution in [0.15, 0.2) is 194 Å². The van der Waals surface area contributed by atoms with E-state index in [1.807, 2.05) is 23.5 Å². The third kappa shape index (κ3) is 10.9. The molecule has 7 heteroatoms. The maximum atomic E-state index is 11.6. The van der Waals surface area contributed by atoms with Crippen molar-refractivity contribution >= 4 is 23.5 Å². The molecule has 2 heterocycles. The molecular weight excluding hydrogens is 1040 g/mol. The lowest BCUT2D eigenvalue weighted by Crippen LogP contribution is -2.34. The van der Waals surface area contributed by atoms with E-state index in [1.165, 1.54) is 83.8 Å². The van der Waals surface area contributed by atoms with E-state index in [0.717, 1.165) is 68.8 Å². The van der Waals surface area contributed by atoms with Gasteiger partial charge in [-0.1, -0.05) is 199 Å². The molecule has 2 fully saturated rings. The molecule has 422 valence electrons. The smallest absolute Gasteiger partial charge is 0.119 e. The highest BCUT2D eigenvalue weighted by atomic mass is 32.2. The predicted octanol–water partition coefficient (Wildman–Crippen LogP) is 17.8. The SMILES string of the molecule is CCC(CC)(OCC(O)COc1ccc(C2(c3ccc(C(CC)(CC)OCC4CS4)cc3)CC(C)c3ccc(-c4ccccc4)cc32)cc1)c1ccc(C2(c3ccc(OCC4CS4)cc3)CC(C)c3ccc(-c4ccccc4)cc32)cc1. The average molecular weight is 1130 g/mol. The summed E-state index contributed by atoms with van der Waals surface area (Å²) in [6, 6.07) is 72.0. The first kappa shape index (κ1) is 56.4. The van der Waals surface area contributed by atoms with Gasteiger partial charge in [-0.3, -0.25) is 0 Å². The van der Waals surface area contributed by atoms with Crippen LogP contribution < -0.4 is 9.47 Å². The molecule has 0 amide bonds. The van der Waals surface area contributed by atoms with Gasteiger partial charge in [-0.05, 0) is 165 Å². The molecule has 12 rings (SSSR count). The molecule has 5 nitrogen and oxygen atoms in total. The summed E-state index contributed by atoms with van der Waals surface area (Å²) in [5, 5.41) is 12.9. The van der Waals surface area contributed by atoms with Gasteiger partial charge in [0.1, 0.15) is 30.8 Å². The molecule has 1 N–H and O–H groups in total. The summed E-state index contributed by atoms with van der Waals surface area (Å²) in [6.45, 7) is 15.5. The fourth-order valence-electron chi connectivity index (χ4n) is 14.1. The van der Waals surface area contributed by atoms with Crippen LogP contribution in [0.5, 0.6) is 11.5 Å². The Kier molecular flexibility index (Phi) is 16.4. The molecule has 2 aliphatic carbocycles. The first-order valence-electron chi connectivity index (χ1n) is 30.3. The van der Waals surface area contributed by atoms with E-state index in [0.29, 0.717) is 22.3 Å². The van der Waals surface area contributed by atoms with E-state index in [-0.39, 0.29) is 29.6 Å². The number of benzene rings is 8. The maximum Gasteiger partial charge on any atom is 0.119 e. The fourth-order valence-corrected chi connectivity index (χ4v) is 14.9. The van der Waals surface area contributed by atoms with Crippen molar-refractivity contribution in [3.8, 4) is 33.8 Å². The van der Waals surface area contributed by atoms with Gasteiger partial charge in [0.25, 0.3) is 0 Å². The van der Waals surface area contributed by atoms with Gasteiger partial charge in [-0.25, -0.2) is 0 Å². The molecule has 2 saturated heterocycles. The minimum atomic E-state index is -0.834. The molecule has 0 aromatic heterocycles. The van der Waals surface area contributed by atoms with E-state index in [9.17, 15) is 5.11 Å². The van der Waals surface area contributed by atoms with E-state index in [4.69, 9.17) is 18.9 Å². The van der Waals surface area contributed by atoms with E-state index in [1.54, 1.807) is 0 Å².